The fourth-order valence-electron chi connectivity index (χ4n) is 1.37. The summed E-state index contributed by atoms with van der Waals surface area (Å²) in [5.74, 6) is -0.0659. The molecule has 94 valence electrons. The molecule has 0 amide bonds. The Morgan fingerprint density at radius 1 is 1.33 bits per heavy atom. The molecule has 0 aliphatic rings. The molecular formula is C13H13NO4. The monoisotopic (exact) mass is 247 g/mol. The summed E-state index contributed by atoms with van der Waals surface area (Å²) in [4.78, 5) is 15.7. The van der Waals surface area contributed by atoms with E-state index in [2.05, 4.69) is 4.98 Å². The van der Waals surface area contributed by atoms with Gasteiger partial charge in [0.1, 0.15) is 11.4 Å². The van der Waals surface area contributed by atoms with Gasteiger partial charge in [-0.2, -0.15) is 0 Å². The fraction of sp³-hybridized carbons (Fsp3) is 0.231. The van der Waals surface area contributed by atoms with Gasteiger partial charge in [-0.05, 0) is 26.0 Å². The van der Waals surface area contributed by atoms with Gasteiger partial charge in [0.05, 0.1) is 6.61 Å². The highest BCUT2D eigenvalue weighted by Crippen LogP contribution is 2.20. The molecule has 2 aromatic rings. The molecule has 18 heavy (non-hydrogen) atoms. The third-order valence-corrected chi connectivity index (χ3v) is 2.16. The lowest BCUT2D eigenvalue weighted by Crippen LogP contribution is -2.08. The number of rotatable bonds is 4. The van der Waals surface area contributed by atoms with E-state index in [1.54, 1.807) is 31.2 Å². The van der Waals surface area contributed by atoms with E-state index in [-0.39, 0.29) is 11.8 Å². The van der Waals surface area contributed by atoms with Gasteiger partial charge in [-0.1, -0.05) is 18.2 Å². The van der Waals surface area contributed by atoms with E-state index in [0.29, 0.717) is 18.1 Å². The number of para-hydroxylation sites is 1. The van der Waals surface area contributed by atoms with Gasteiger partial charge in [-0.3, -0.25) is 0 Å². The summed E-state index contributed by atoms with van der Waals surface area (Å²) in [6.07, 6.45) is 0. The molecule has 0 N–H and O–H groups in total. The van der Waals surface area contributed by atoms with Gasteiger partial charge in [-0.15, -0.1) is 0 Å². The number of carbonyl (C=O) groups excluding carboxylic acids is 1. The maximum Gasteiger partial charge on any atom is 0.400 e. The summed E-state index contributed by atoms with van der Waals surface area (Å²) in [6, 6.07) is 8.73. The highest BCUT2D eigenvalue weighted by atomic mass is 16.6. The molecule has 0 aliphatic heterocycles. The van der Waals surface area contributed by atoms with E-state index in [9.17, 15) is 4.79 Å². The Morgan fingerprint density at radius 2 is 2.06 bits per heavy atom. The largest absolute Gasteiger partial charge is 0.464 e. The minimum absolute atomic E-state index is 0.111. The van der Waals surface area contributed by atoms with Crippen LogP contribution in [0.3, 0.4) is 0 Å². The normalized spacial score (nSPS) is 10.1. The van der Waals surface area contributed by atoms with Gasteiger partial charge in [0.15, 0.2) is 0 Å². The molecule has 0 spiro atoms. The second-order valence-corrected chi connectivity index (χ2v) is 3.53. The van der Waals surface area contributed by atoms with Gasteiger partial charge < -0.3 is 13.9 Å². The summed E-state index contributed by atoms with van der Waals surface area (Å²) in [7, 11) is 0. The first kappa shape index (κ1) is 12.2. The number of hydrogen-bond donors (Lipinski definition) is 0. The summed E-state index contributed by atoms with van der Waals surface area (Å²) >= 11 is 0. The lowest BCUT2D eigenvalue weighted by atomic mass is 10.3. The molecule has 1 heterocycles. The van der Waals surface area contributed by atoms with Crippen LogP contribution in [0.25, 0.3) is 0 Å². The molecule has 0 radical (unpaired) electrons. The average Bonchev–Trinajstić information content (AvgIpc) is 2.73. The van der Waals surface area contributed by atoms with Crippen LogP contribution in [-0.4, -0.2) is 17.6 Å². The van der Waals surface area contributed by atoms with Crippen molar-refractivity contribution in [3.63, 3.8) is 0 Å². The zero-order chi connectivity index (χ0) is 13.0. The number of carbonyl (C=O) groups is 1. The maximum atomic E-state index is 11.7. The van der Waals surface area contributed by atoms with Gasteiger partial charge in [0.2, 0.25) is 0 Å². The standard InChI is InChI=1S/C13H13NO4/c1-3-16-13-9(2)14-11(18-13)12(15)17-10-7-5-4-6-8-10/h4-8H,3H2,1-2H3. The topological polar surface area (TPSA) is 61.6 Å². The van der Waals surface area contributed by atoms with Crippen molar-refractivity contribution in [2.75, 3.05) is 6.61 Å². The lowest BCUT2D eigenvalue weighted by Gasteiger charge is -2.00. The zero-order valence-corrected chi connectivity index (χ0v) is 10.2. The Morgan fingerprint density at radius 3 is 2.72 bits per heavy atom. The number of esters is 1. The van der Waals surface area contributed by atoms with E-state index in [0.717, 1.165) is 0 Å². The predicted octanol–water partition coefficient (Wildman–Crippen LogP) is 2.60. The van der Waals surface area contributed by atoms with Crippen molar-refractivity contribution in [2.24, 2.45) is 0 Å². The SMILES string of the molecule is CCOc1oc(C(=O)Oc2ccccc2)nc1C. The summed E-state index contributed by atoms with van der Waals surface area (Å²) in [5.41, 5.74) is 0.525. The van der Waals surface area contributed by atoms with E-state index in [1.807, 2.05) is 13.0 Å². The van der Waals surface area contributed by atoms with Gasteiger partial charge in [0.25, 0.3) is 0 Å². The minimum atomic E-state index is -0.643. The Bertz CT molecular complexity index is 533. The second-order valence-electron chi connectivity index (χ2n) is 3.53. The zero-order valence-electron chi connectivity index (χ0n) is 10.2. The molecule has 5 heteroatoms. The fourth-order valence-corrected chi connectivity index (χ4v) is 1.37. The average molecular weight is 247 g/mol. The molecule has 0 unspecified atom stereocenters. The van der Waals surface area contributed by atoms with Crippen molar-refractivity contribution >= 4 is 5.97 Å². The van der Waals surface area contributed by atoms with Crippen LogP contribution in [0.15, 0.2) is 34.7 Å². The number of aryl methyl sites for hydroxylation is 1. The smallest absolute Gasteiger partial charge is 0.400 e. The first-order chi connectivity index (χ1) is 8.70. The van der Waals surface area contributed by atoms with Gasteiger partial charge >= 0.3 is 17.8 Å². The van der Waals surface area contributed by atoms with Crippen molar-refractivity contribution in [2.45, 2.75) is 13.8 Å². The van der Waals surface area contributed by atoms with Gasteiger partial charge in [-0.25, -0.2) is 9.78 Å². The van der Waals surface area contributed by atoms with Crippen LogP contribution in [-0.2, 0) is 0 Å². The number of oxazole rings is 1. The highest BCUT2D eigenvalue weighted by molar-refractivity contribution is 5.86. The van der Waals surface area contributed by atoms with Crippen LogP contribution in [0.5, 0.6) is 11.7 Å². The molecule has 0 fully saturated rings. The van der Waals surface area contributed by atoms with Gasteiger partial charge in [0, 0.05) is 0 Å². The quantitative estimate of drug-likeness (QED) is 0.613. The van der Waals surface area contributed by atoms with E-state index < -0.39 is 5.97 Å². The highest BCUT2D eigenvalue weighted by Gasteiger charge is 2.19. The van der Waals surface area contributed by atoms with Crippen molar-refractivity contribution in [1.82, 2.24) is 4.98 Å². The summed E-state index contributed by atoms with van der Waals surface area (Å²) < 4.78 is 15.5. The maximum absolute atomic E-state index is 11.7. The first-order valence-corrected chi connectivity index (χ1v) is 5.58. The Hall–Kier alpha value is -2.30. The third kappa shape index (κ3) is 2.68. The number of hydrogen-bond acceptors (Lipinski definition) is 5. The van der Waals surface area contributed by atoms with Crippen LogP contribution in [0.1, 0.15) is 23.3 Å². The minimum Gasteiger partial charge on any atom is -0.464 e. The molecule has 0 atom stereocenters. The predicted molar refractivity (Wildman–Crippen MR) is 63.8 cm³/mol. The first-order valence-electron chi connectivity index (χ1n) is 5.58. The van der Waals surface area contributed by atoms with Crippen LogP contribution in [0.2, 0.25) is 0 Å². The van der Waals surface area contributed by atoms with Crippen LogP contribution in [0.4, 0.5) is 0 Å². The molecule has 2 rings (SSSR count). The summed E-state index contributed by atoms with van der Waals surface area (Å²) in [5, 5.41) is 0. The number of aromatic nitrogens is 1. The summed E-state index contributed by atoms with van der Waals surface area (Å²) in [6.45, 7) is 3.97. The Labute approximate surface area is 104 Å². The molecule has 0 aliphatic carbocycles. The Kier molecular flexibility index (Phi) is 3.62. The number of nitrogens with zero attached hydrogens (tertiary/aromatic N) is 1. The number of ether oxygens (including phenoxy) is 2. The van der Waals surface area contributed by atoms with Crippen LogP contribution >= 0.6 is 0 Å². The molecule has 0 bridgehead atoms. The second kappa shape index (κ2) is 5.35. The van der Waals surface area contributed by atoms with E-state index >= 15 is 0 Å². The van der Waals surface area contributed by atoms with E-state index in [1.165, 1.54) is 0 Å². The lowest BCUT2D eigenvalue weighted by molar-refractivity contribution is 0.0684. The third-order valence-electron chi connectivity index (χ3n) is 2.16. The molecule has 1 aromatic carbocycles. The van der Waals surface area contributed by atoms with Crippen LogP contribution in [0, 0.1) is 6.92 Å². The molecule has 0 saturated heterocycles. The van der Waals surface area contributed by atoms with Crippen molar-refractivity contribution in [3.05, 3.63) is 41.9 Å². The number of benzene rings is 1. The molecule has 0 saturated carbocycles. The molecular weight excluding hydrogens is 234 g/mol. The van der Waals surface area contributed by atoms with E-state index in [4.69, 9.17) is 13.9 Å². The molecule has 1 aromatic heterocycles. The Balaban J connectivity index is 2.12. The van der Waals surface area contributed by atoms with Crippen molar-refractivity contribution in [1.29, 1.82) is 0 Å². The van der Waals surface area contributed by atoms with Crippen molar-refractivity contribution in [3.8, 4) is 11.7 Å². The van der Waals surface area contributed by atoms with Crippen LogP contribution < -0.4 is 9.47 Å². The van der Waals surface area contributed by atoms with Crippen molar-refractivity contribution < 1.29 is 18.7 Å². The molecule has 5 nitrogen and oxygen atoms in total.